The topological polar surface area (TPSA) is 49.3 Å². The lowest BCUT2D eigenvalue weighted by Crippen LogP contribution is -2.26. The molecule has 0 spiro atoms. The molecule has 0 radical (unpaired) electrons. The Kier molecular flexibility index (Phi) is 4.23. The van der Waals surface area contributed by atoms with Crippen LogP contribution in [0.5, 0.6) is 5.75 Å². The lowest BCUT2D eigenvalue weighted by atomic mass is 10.1. The van der Waals surface area contributed by atoms with Crippen molar-refractivity contribution in [3.05, 3.63) is 49.7 Å². The standard InChI is InChI=1S/C13H12INO2S/c1-8(12-3-2-6-18-12)15-13(17)10-7-9(14)4-5-11(10)16/h2-8,16H,1H3,(H,15,17). The molecule has 1 heterocycles. The predicted octanol–water partition coefficient (Wildman–Crippen LogP) is 3.55. The molecule has 0 aliphatic heterocycles. The van der Waals surface area contributed by atoms with E-state index in [0.717, 1.165) is 8.45 Å². The molecule has 2 aromatic rings. The Morgan fingerprint density at radius 3 is 2.89 bits per heavy atom. The van der Waals surface area contributed by atoms with Crippen LogP contribution in [-0.4, -0.2) is 11.0 Å². The second-order valence-corrected chi connectivity index (χ2v) is 6.10. The van der Waals surface area contributed by atoms with Gasteiger partial charge >= 0.3 is 0 Å². The first-order chi connectivity index (χ1) is 8.58. The number of rotatable bonds is 3. The molecule has 0 fully saturated rings. The quantitative estimate of drug-likeness (QED) is 0.809. The molecule has 2 N–H and O–H groups in total. The number of benzene rings is 1. The summed E-state index contributed by atoms with van der Waals surface area (Å²) in [5.41, 5.74) is 0.310. The van der Waals surface area contributed by atoms with E-state index in [1.807, 2.05) is 24.4 Å². The summed E-state index contributed by atoms with van der Waals surface area (Å²) < 4.78 is 0.916. The number of phenolic OH excluding ortho intramolecular Hbond substituents is 1. The lowest BCUT2D eigenvalue weighted by molar-refractivity contribution is 0.0938. The van der Waals surface area contributed by atoms with Crippen LogP contribution in [-0.2, 0) is 0 Å². The van der Waals surface area contributed by atoms with Gasteiger partial charge in [-0.1, -0.05) is 6.07 Å². The minimum absolute atomic E-state index is 0.00583. The Hall–Kier alpha value is -1.08. The molecule has 3 nitrogen and oxygen atoms in total. The second kappa shape index (κ2) is 5.71. The van der Waals surface area contributed by atoms with Crippen LogP contribution in [0.15, 0.2) is 35.7 Å². The zero-order valence-electron chi connectivity index (χ0n) is 9.68. The van der Waals surface area contributed by atoms with E-state index in [2.05, 4.69) is 27.9 Å². The van der Waals surface area contributed by atoms with Gasteiger partial charge in [-0.3, -0.25) is 4.79 Å². The largest absolute Gasteiger partial charge is 0.507 e. The van der Waals surface area contributed by atoms with Crippen molar-refractivity contribution >= 4 is 39.8 Å². The number of aromatic hydroxyl groups is 1. The number of halogens is 1. The highest BCUT2D eigenvalue weighted by atomic mass is 127. The molecule has 5 heteroatoms. The van der Waals surface area contributed by atoms with Gasteiger partial charge in [0.1, 0.15) is 5.75 Å². The summed E-state index contributed by atoms with van der Waals surface area (Å²) in [5.74, 6) is -0.252. The van der Waals surface area contributed by atoms with E-state index in [1.54, 1.807) is 23.5 Å². The highest BCUT2D eigenvalue weighted by Crippen LogP contribution is 2.22. The zero-order valence-corrected chi connectivity index (χ0v) is 12.7. The predicted molar refractivity (Wildman–Crippen MR) is 81.0 cm³/mol. The molecule has 1 unspecified atom stereocenters. The van der Waals surface area contributed by atoms with Crippen molar-refractivity contribution in [2.45, 2.75) is 13.0 Å². The van der Waals surface area contributed by atoms with Crippen molar-refractivity contribution in [1.82, 2.24) is 5.32 Å². The van der Waals surface area contributed by atoms with Crippen LogP contribution in [0.2, 0.25) is 0 Å². The molecule has 18 heavy (non-hydrogen) atoms. The number of phenols is 1. The second-order valence-electron chi connectivity index (χ2n) is 3.87. The molecule has 1 aromatic heterocycles. The van der Waals surface area contributed by atoms with Crippen molar-refractivity contribution in [2.24, 2.45) is 0 Å². The van der Waals surface area contributed by atoms with Crippen LogP contribution in [0.1, 0.15) is 28.2 Å². The number of nitrogens with one attached hydrogen (secondary N) is 1. The summed E-state index contributed by atoms with van der Waals surface area (Å²) >= 11 is 3.71. The normalized spacial score (nSPS) is 12.1. The number of carbonyl (C=O) groups excluding carboxylic acids is 1. The van der Waals surface area contributed by atoms with Gasteiger partial charge in [0.2, 0.25) is 0 Å². The SMILES string of the molecule is CC(NC(=O)c1cc(I)ccc1O)c1cccs1. The summed E-state index contributed by atoms with van der Waals surface area (Å²) in [6.45, 7) is 1.93. The van der Waals surface area contributed by atoms with Crippen molar-refractivity contribution in [3.63, 3.8) is 0 Å². The van der Waals surface area contributed by atoms with Gasteiger partial charge in [-0.2, -0.15) is 0 Å². The van der Waals surface area contributed by atoms with Gasteiger partial charge in [0.25, 0.3) is 5.91 Å². The Morgan fingerprint density at radius 2 is 2.22 bits per heavy atom. The fourth-order valence-electron chi connectivity index (χ4n) is 1.57. The Balaban J connectivity index is 2.15. The van der Waals surface area contributed by atoms with Gasteiger partial charge in [0.05, 0.1) is 11.6 Å². The number of amides is 1. The van der Waals surface area contributed by atoms with E-state index in [-0.39, 0.29) is 17.7 Å². The molecule has 1 atom stereocenters. The van der Waals surface area contributed by atoms with Crippen molar-refractivity contribution in [1.29, 1.82) is 0 Å². The van der Waals surface area contributed by atoms with E-state index in [9.17, 15) is 9.90 Å². The first-order valence-electron chi connectivity index (χ1n) is 5.40. The van der Waals surface area contributed by atoms with E-state index in [4.69, 9.17) is 0 Å². The monoisotopic (exact) mass is 373 g/mol. The molecule has 0 aliphatic rings. The van der Waals surface area contributed by atoms with Gasteiger partial charge < -0.3 is 10.4 Å². The minimum Gasteiger partial charge on any atom is -0.507 e. The van der Waals surface area contributed by atoms with E-state index < -0.39 is 0 Å². The van der Waals surface area contributed by atoms with Crippen LogP contribution < -0.4 is 5.32 Å². The number of thiophene rings is 1. The maximum atomic E-state index is 12.1. The molecule has 0 bridgehead atoms. The third-order valence-electron chi connectivity index (χ3n) is 2.52. The average molecular weight is 373 g/mol. The minimum atomic E-state index is -0.257. The smallest absolute Gasteiger partial charge is 0.255 e. The summed E-state index contributed by atoms with van der Waals surface area (Å²) in [5, 5.41) is 14.5. The van der Waals surface area contributed by atoms with E-state index in [0.29, 0.717) is 5.56 Å². The molecule has 2 rings (SSSR count). The Morgan fingerprint density at radius 1 is 1.44 bits per heavy atom. The van der Waals surface area contributed by atoms with Gasteiger partial charge in [0, 0.05) is 8.45 Å². The molecule has 1 aromatic carbocycles. The van der Waals surface area contributed by atoms with Crippen LogP contribution in [0.4, 0.5) is 0 Å². The van der Waals surface area contributed by atoms with Crippen LogP contribution in [0.25, 0.3) is 0 Å². The molecular weight excluding hydrogens is 361 g/mol. The first kappa shape index (κ1) is 13.4. The molecule has 0 saturated heterocycles. The third kappa shape index (κ3) is 3.02. The maximum absolute atomic E-state index is 12.1. The summed E-state index contributed by atoms with van der Waals surface area (Å²) in [6, 6.07) is 8.83. The average Bonchev–Trinajstić information content (AvgIpc) is 2.85. The fraction of sp³-hybridized carbons (Fsp3) is 0.154. The Bertz CT molecular complexity index is 554. The molecule has 0 aliphatic carbocycles. The van der Waals surface area contributed by atoms with Gasteiger partial charge in [-0.25, -0.2) is 0 Å². The van der Waals surface area contributed by atoms with Crippen molar-refractivity contribution in [2.75, 3.05) is 0 Å². The van der Waals surface area contributed by atoms with Crippen LogP contribution in [0.3, 0.4) is 0 Å². The van der Waals surface area contributed by atoms with Crippen LogP contribution in [0, 0.1) is 3.57 Å². The molecule has 0 saturated carbocycles. The van der Waals surface area contributed by atoms with Gasteiger partial charge in [-0.05, 0) is 59.2 Å². The fourth-order valence-corrected chi connectivity index (χ4v) is 2.80. The highest BCUT2D eigenvalue weighted by Gasteiger charge is 2.15. The molecular formula is C13H12INO2S. The summed E-state index contributed by atoms with van der Waals surface area (Å²) in [7, 11) is 0. The number of carbonyl (C=O) groups is 1. The summed E-state index contributed by atoms with van der Waals surface area (Å²) in [6.07, 6.45) is 0. The third-order valence-corrected chi connectivity index (χ3v) is 4.25. The van der Waals surface area contributed by atoms with Crippen molar-refractivity contribution in [3.8, 4) is 5.75 Å². The molecule has 1 amide bonds. The number of hydrogen-bond acceptors (Lipinski definition) is 3. The first-order valence-corrected chi connectivity index (χ1v) is 7.36. The van der Waals surface area contributed by atoms with Crippen molar-refractivity contribution < 1.29 is 9.90 Å². The maximum Gasteiger partial charge on any atom is 0.255 e. The van der Waals surface area contributed by atoms with Gasteiger partial charge in [-0.15, -0.1) is 11.3 Å². The number of hydrogen-bond donors (Lipinski definition) is 2. The van der Waals surface area contributed by atoms with E-state index >= 15 is 0 Å². The highest BCUT2D eigenvalue weighted by molar-refractivity contribution is 14.1. The summed E-state index contributed by atoms with van der Waals surface area (Å²) in [4.78, 5) is 13.1. The lowest BCUT2D eigenvalue weighted by Gasteiger charge is -2.13. The van der Waals surface area contributed by atoms with Crippen LogP contribution >= 0.6 is 33.9 Å². The Labute approximate surface area is 123 Å². The van der Waals surface area contributed by atoms with E-state index in [1.165, 1.54) is 6.07 Å². The van der Waals surface area contributed by atoms with Gasteiger partial charge in [0.15, 0.2) is 0 Å². The zero-order chi connectivity index (χ0) is 13.1. The molecule has 94 valence electrons.